The molecule has 0 radical (unpaired) electrons. The van der Waals surface area contributed by atoms with Crippen LogP contribution in [0.4, 0.5) is 10.5 Å². The molecule has 146 valence electrons. The molecule has 2 fully saturated rings. The maximum absolute atomic E-state index is 12.9. The van der Waals surface area contributed by atoms with Crippen molar-refractivity contribution in [2.24, 2.45) is 5.92 Å². The van der Waals surface area contributed by atoms with E-state index in [1.807, 2.05) is 30.3 Å². The lowest BCUT2D eigenvalue weighted by Crippen LogP contribution is -2.74. The SMILES string of the molecule is COc1ccccc1CNC1NCC2C(=O)N(c3ccccc3)C(=O)NC2N1. The maximum atomic E-state index is 12.9. The summed E-state index contributed by atoms with van der Waals surface area (Å²) < 4.78 is 5.37. The topological polar surface area (TPSA) is 94.7 Å². The van der Waals surface area contributed by atoms with Gasteiger partial charge in [0.2, 0.25) is 5.91 Å². The number of hydrogen-bond acceptors (Lipinski definition) is 6. The van der Waals surface area contributed by atoms with Crippen LogP contribution in [-0.2, 0) is 11.3 Å². The van der Waals surface area contributed by atoms with Gasteiger partial charge in [0.25, 0.3) is 0 Å². The highest BCUT2D eigenvalue weighted by Crippen LogP contribution is 2.23. The predicted molar refractivity (Wildman–Crippen MR) is 104 cm³/mol. The molecule has 8 heteroatoms. The van der Waals surface area contributed by atoms with Crippen LogP contribution in [0.15, 0.2) is 54.6 Å². The van der Waals surface area contributed by atoms with Crippen molar-refractivity contribution in [1.82, 2.24) is 21.3 Å². The second-order valence-corrected chi connectivity index (χ2v) is 6.74. The van der Waals surface area contributed by atoms with Crippen molar-refractivity contribution in [1.29, 1.82) is 0 Å². The van der Waals surface area contributed by atoms with Crippen LogP contribution in [0.1, 0.15) is 5.56 Å². The lowest BCUT2D eigenvalue weighted by molar-refractivity contribution is -0.124. The van der Waals surface area contributed by atoms with Gasteiger partial charge in [-0.2, -0.15) is 0 Å². The van der Waals surface area contributed by atoms with E-state index in [4.69, 9.17) is 4.74 Å². The minimum Gasteiger partial charge on any atom is -0.496 e. The molecule has 2 aliphatic rings. The third-order valence-corrected chi connectivity index (χ3v) is 5.01. The van der Waals surface area contributed by atoms with E-state index in [2.05, 4.69) is 21.3 Å². The van der Waals surface area contributed by atoms with Crippen LogP contribution in [0.2, 0.25) is 0 Å². The molecule has 2 aliphatic heterocycles. The van der Waals surface area contributed by atoms with Gasteiger partial charge >= 0.3 is 6.03 Å². The Morgan fingerprint density at radius 3 is 2.64 bits per heavy atom. The van der Waals surface area contributed by atoms with Crippen molar-refractivity contribution in [3.8, 4) is 5.75 Å². The third kappa shape index (κ3) is 3.57. The number of nitrogens with zero attached hydrogens (tertiary/aromatic N) is 1. The number of carbonyl (C=O) groups is 2. The van der Waals surface area contributed by atoms with E-state index in [1.54, 1.807) is 31.4 Å². The molecular weight excluding hydrogens is 358 g/mol. The first-order chi connectivity index (χ1) is 13.7. The number of imide groups is 1. The first kappa shape index (κ1) is 18.4. The molecule has 3 amide bonds. The number of urea groups is 1. The fraction of sp³-hybridized carbons (Fsp3) is 0.300. The highest BCUT2D eigenvalue weighted by Gasteiger charge is 2.44. The van der Waals surface area contributed by atoms with Crippen molar-refractivity contribution in [2.75, 3.05) is 18.6 Å². The van der Waals surface area contributed by atoms with Crippen molar-refractivity contribution >= 4 is 17.6 Å². The lowest BCUT2D eigenvalue weighted by Gasteiger charge is -2.43. The molecule has 2 saturated heterocycles. The Kier molecular flexibility index (Phi) is 5.25. The normalized spacial score (nSPS) is 24.5. The van der Waals surface area contributed by atoms with E-state index >= 15 is 0 Å². The number of carbonyl (C=O) groups excluding carboxylic acids is 2. The van der Waals surface area contributed by atoms with E-state index in [-0.39, 0.29) is 18.1 Å². The zero-order valence-electron chi connectivity index (χ0n) is 15.5. The third-order valence-electron chi connectivity index (χ3n) is 5.01. The van der Waals surface area contributed by atoms with Crippen molar-refractivity contribution < 1.29 is 14.3 Å². The lowest BCUT2D eigenvalue weighted by atomic mass is 9.99. The molecule has 8 nitrogen and oxygen atoms in total. The summed E-state index contributed by atoms with van der Waals surface area (Å²) in [5.74, 6) is 0.202. The molecule has 2 aromatic rings. The number of rotatable bonds is 5. The van der Waals surface area contributed by atoms with Gasteiger partial charge in [0.05, 0.1) is 24.9 Å². The van der Waals surface area contributed by atoms with Crippen molar-refractivity contribution in [2.45, 2.75) is 19.0 Å². The van der Waals surface area contributed by atoms with Gasteiger partial charge in [-0.15, -0.1) is 0 Å². The minimum atomic E-state index is -0.434. The molecular formula is C20H23N5O3. The summed E-state index contributed by atoms with van der Waals surface area (Å²) in [4.78, 5) is 26.6. The number of para-hydroxylation sites is 2. The summed E-state index contributed by atoms with van der Waals surface area (Å²) in [7, 11) is 1.64. The monoisotopic (exact) mass is 381 g/mol. The molecule has 4 rings (SSSR count). The van der Waals surface area contributed by atoms with Crippen LogP contribution in [0.3, 0.4) is 0 Å². The number of benzene rings is 2. The van der Waals surface area contributed by atoms with Gasteiger partial charge in [0, 0.05) is 18.7 Å². The Labute approximate surface area is 163 Å². The number of hydrogen-bond donors (Lipinski definition) is 4. The Morgan fingerprint density at radius 2 is 1.86 bits per heavy atom. The molecule has 3 atom stereocenters. The molecule has 4 N–H and O–H groups in total. The average molecular weight is 381 g/mol. The summed E-state index contributed by atoms with van der Waals surface area (Å²) in [6.07, 6.45) is -0.682. The summed E-state index contributed by atoms with van der Waals surface area (Å²) in [6, 6.07) is 16.3. The summed E-state index contributed by atoms with van der Waals surface area (Å²) >= 11 is 0. The van der Waals surface area contributed by atoms with E-state index in [1.165, 1.54) is 4.90 Å². The van der Waals surface area contributed by atoms with E-state index in [0.29, 0.717) is 18.8 Å². The van der Waals surface area contributed by atoms with Gasteiger partial charge in [-0.1, -0.05) is 36.4 Å². The molecule has 2 aromatic carbocycles. The van der Waals surface area contributed by atoms with Gasteiger partial charge in [-0.3, -0.25) is 20.7 Å². The number of amides is 3. The molecule has 0 saturated carbocycles. The van der Waals surface area contributed by atoms with Crippen LogP contribution < -0.4 is 30.9 Å². The van der Waals surface area contributed by atoms with Crippen LogP contribution in [0.25, 0.3) is 0 Å². The Balaban J connectivity index is 1.40. The van der Waals surface area contributed by atoms with Gasteiger partial charge < -0.3 is 10.1 Å². The molecule has 0 aliphatic carbocycles. The minimum absolute atomic E-state index is 0.219. The van der Waals surface area contributed by atoms with Crippen molar-refractivity contribution in [3.05, 3.63) is 60.2 Å². The largest absolute Gasteiger partial charge is 0.496 e. The molecule has 0 aromatic heterocycles. The molecule has 0 bridgehead atoms. The average Bonchev–Trinajstić information content (AvgIpc) is 2.73. The summed E-state index contributed by atoms with van der Waals surface area (Å²) in [5.41, 5.74) is 1.59. The fourth-order valence-electron chi connectivity index (χ4n) is 3.57. The Morgan fingerprint density at radius 1 is 1.11 bits per heavy atom. The van der Waals surface area contributed by atoms with E-state index < -0.39 is 12.2 Å². The molecule has 0 spiro atoms. The number of methoxy groups -OCH3 is 1. The predicted octanol–water partition coefficient (Wildman–Crippen LogP) is 0.960. The number of fused-ring (bicyclic) bond motifs is 1. The second-order valence-electron chi connectivity index (χ2n) is 6.74. The molecule has 2 heterocycles. The van der Waals surface area contributed by atoms with Gasteiger partial charge in [-0.25, -0.2) is 9.69 Å². The molecule has 3 unspecified atom stereocenters. The maximum Gasteiger partial charge on any atom is 0.330 e. The first-order valence-corrected chi connectivity index (χ1v) is 9.21. The van der Waals surface area contributed by atoms with E-state index in [0.717, 1.165) is 11.3 Å². The second kappa shape index (κ2) is 7.97. The van der Waals surface area contributed by atoms with Crippen molar-refractivity contribution in [3.63, 3.8) is 0 Å². The Bertz CT molecular complexity index is 860. The first-order valence-electron chi connectivity index (χ1n) is 9.21. The summed E-state index contributed by atoms with van der Waals surface area (Å²) in [6.45, 7) is 1.02. The zero-order chi connectivity index (χ0) is 19.5. The van der Waals surface area contributed by atoms with Gasteiger partial charge in [0.15, 0.2) is 0 Å². The van der Waals surface area contributed by atoms with Crippen LogP contribution in [0, 0.1) is 5.92 Å². The standard InChI is InChI=1S/C20H23N5O3/c1-28-16-10-6-5-7-13(16)11-21-19-22-12-15-17(23-19)24-20(27)25(18(15)26)14-8-3-2-4-9-14/h2-10,15,17,19,21-23H,11-12H2,1H3,(H,24,27). The fourth-order valence-corrected chi connectivity index (χ4v) is 3.57. The van der Waals surface area contributed by atoms with Crippen LogP contribution in [0.5, 0.6) is 5.75 Å². The van der Waals surface area contributed by atoms with Crippen LogP contribution >= 0.6 is 0 Å². The Hall–Kier alpha value is -2.94. The molecule has 28 heavy (non-hydrogen) atoms. The number of anilines is 1. The van der Waals surface area contributed by atoms with Gasteiger partial charge in [-0.05, 0) is 18.2 Å². The summed E-state index contributed by atoms with van der Waals surface area (Å²) in [5, 5.41) is 12.8. The number of ether oxygens (including phenoxy) is 1. The quantitative estimate of drug-likeness (QED) is 0.616. The van der Waals surface area contributed by atoms with Crippen LogP contribution in [-0.4, -0.2) is 38.0 Å². The highest BCUT2D eigenvalue weighted by atomic mass is 16.5. The van der Waals surface area contributed by atoms with Gasteiger partial charge in [0.1, 0.15) is 12.0 Å². The number of nitrogens with one attached hydrogen (secondary N) is 4. The van der Waals surface area contributed by atoms with E-state index in [9.17, 15) is 9.59 Å². The zero-order valence-corrected chi connectivity index (χ0v) is 15.5. The highest BCUT2D eigenvalue weighted by molar-refractivity contribution is 6.17. The smallest absolute Gasteiger partial charge is 0.330 e.